The van der Waals surface area contributed by atoms with E-state index in [0.717, 1.165) is 24.5 Å². The molecule has 0 fully saturated rings. The second-order valence-corrected chi connectivity index (χ2v) is 4.26. The van der Waals surface area contributed by atoms with Gasteiger partial charge in [0.15, 0.2) is 17.8 Å². The van der Waals surface area contributed by atoms with Crippen molar-refractivity contribution in [2.45, 2.75) is 19.8 Å². The van der Waals surface area contributed by atoms with E-state index in [9.17, 15) is 4.79 Å². The molecule has 0 unspecified atom stereocenters. The topological polar surface area (TPSA) is 35.5 Å². The molecule has 0 aliphatic heterocycles. The minimum atomic E-state index is 0.537. The van der Waals surface area contributed by atoms with E-state index in [1.807, 2.05) is 13.0 Å². The van der Waals surface area contributed by atoms with Crippen LogP contribution in [0.5, 0.6) is 11.5 Å². The van der Waals surface area contributed by atoms with Crippen LogP contribution in [0.1, 0.15) is 30.1 Å². The van der Waals surface area contributed by atoms with Crippen LogP contribution in [0.15, 0.2) is 18.2 Å². The Kier molecular flexibility index (Phi) is 6.70. The largest absolute Gasteiger partial charge is 0.490 e. The molecule has 0 aliphatic carbocycles. The molecule has 0 amide bonds. The first-order valence-electron chi connectivity index (χ1n) is 5.73. The highest BCUT2D eigenvalue weighted by molar-refractivity contribution is 9.09. The number of hydrogen-bond acceptors (Lipinski definition) is 3. The van der Waals surface area contributed by atoms with Crippen molar-refractivity contribution < 1.29 is 14.3 Å². The molecule has 1 aromatic rings. The van der Waals surface area contributed by atoms with Crippen LogP contribution in [-0.4, -0.2) is 24.8 Å². The van der Waals surface area contributed by atoms with Crippen molar-refractivity contribution in [3.8, 4) is 11.5 Å². The van der Waals surface area contributed by atoms with Gasteiger partial charge in [-0.25, -0.2) is 0 Å². The first-order valence-corrected chi connectivity index (χ1v) is 6.85. The summed E-state index contributed by atoms with van der Waals surface area (Å²) in [6, 6.07) is 5.34. The van der Waals surface area contributed by atoms with Crippen LogP contribution < -0.4 is 9.47 Å². The maximum Gasteiger partial charge on any atom is 0.171 e. The zero-order valence-corrected chi connectivity index (χ0v) is 11.5. The average molecular weight is 301 g/mol. The van der Waals surface area contributed by atoms with Crippen molar-refractivity contribution in [3.63, 3.8) is 0 Å². The van der Waals surface area contributed by atoms with Crippen LogP contribution in [-0.2, 0) is 0 Å². The van der Waals surface area contributed by atoms with Crippen molar-refractivity contribution in [2.75, 3.05) is 18.5 Å². The highest BCUT2D eigenvalue weighted by Gasteiger charge is 2.10. The average Bonchev–Trinajstić information content (AvgIpc) is 2.36. The molecular formula is C13H17BrO3. The summed E-state index contributed by atoms with van der Waals surface area (Å²) in [4.78, 5) is 10.9. The third-order valence-electron chi connectivity index (χ3n) is 2.21. The summed E-state index contributed by atoms with van der Waals surface area (Å²) in [7, 11) is 0. The minimum absolute atomic E-state index is 0.537. The first kappa shape index (κ1) is 14.0. The number of unbranched alkanes of at least 4 members (excludes halogenated alkanes) is 1. The Hall–Kier alpha value is -1.03. The molecule has 0 aliphatic rings. The molecule has 0 atom stereocenters. The van der Waals surface area contributed by atoms with Crippen LogP contribution in [0.3, 0.4) is 0 Å². The predicted octanol–water partition coefficient (Wildman–Crippen LogP) is 3.45. The molecule has 1 aromatic carbocycles. The van der Waals surface area contributed by atoms with Crippen molar-refractivity contribution in [1.82, 2.24) is 0 Å². The summed E-state index contributed by atoms with van der Waals surface area (Å²) in [5, 5.41) is 0.962. The highest BCUT2D eigenvalue weighted by atomic mass is 79.9. The summed E-state index contributed by atoms with van der Waals surface area (Å²) in [5.74, 6) is 1.19. The molecular weight excluding hydrogens is 284 g/mol. The number of alkyl halides is 1. The van der Waals surface area contributed by atoms with Crippen molar-refractivity contribution >= 4 is 22.2 Å². The lowest BCUT2D eigenvalue weighted by Crippen LogP contribution is -2.03. The summed E-state index contributed by atoms with van der Waals surface area (Å²) < 4.78 is 11.1. The minimum Gasteiger partial charge on any atom is -0.490 e. The van der Waals surface area contributed by atoms with Gasteiger partial charge >= 0.3 is 0 Å². The molecule has 0 saturated heterocycles. The molecule has 0 saturated carbocycles. The second-order valence-electron chi connectivity index (χ2n) is 3.47. The van der Waals surface area contributed by atoms with Crippen molar-refractivity contribution in [1.29, 1.82) is 0 Å². The van der Waals surface area contributed by atoms with E-state index in [4.69, 9.17) is 9.47 Å². The summed E-state index contributed by atoms with van der Waals surface area (Å²) in [6.45, 7) is 3.05. The van der Waals surface area contributed by atoms with E-state index in [-0.39, 0.29) is 0 Å². The normalized spacial score (nSPS) is 10.0. The molecule has 1 rings (SSSR count). The zero-order chi connectivity index (χ0) is 12.5. The van der Waals surface area contributed by atoms with Gasteiger partial charge in [0.1, 0.15) is 0 Å². The Bertz CT molecular complexity index is 353. The molecule has 3 nitrogen and oxygen atoms in total. The predicted molar refractivity (Wildman–Crippen MR) is 71.5 cm³/mol. The van der Waals surface area contributed by atoms with Gasteiger partial charge in [-0.15, -0.1) is 0 Å². The molecule has 0 spiro atoms. The first-order chi connectivity index (χ1) is 8.33. The molecule has 0 aromatic heterocycles. The van der Waals surface area contributed by atoms with E-state index >= 15 is 0 Å². The molecule has 17 heavy (non-hydrogen) atoms. The number of para-hydroxylation sites is 1. The third-order valence-corrected chi connectivity index (χ3v) is 2.77. The van der Waals surface area contributed by atoms with Gasteiger partial charge < -0.3 is 9.47 Å². The van der Waals surface area contributed by atoms with Gasteiger partial charge in [-0.05, 0) is 31.9 Å². The van der Waals surface area contributed by atoms with E-state index < -0.39 is 0 Å². The van der Waals surface area contributed by atoms with Crippen molar-refractivity contribution in [2.24, 2.45) is 0 Å². The zero-order valence-electron chi connectivity index (χ0n) is 9.95. The Morgan fingerprint density at radius 1 is 1.29 bits per heavy atom. The van der Waals surface area contributed by atoms with Gasteiger partial charge in [0.2, 0.25) is 0 Å². The lowest BCUT2D eigenvalue weighted by molar-refractivity contribution is 0.111. The SMILES string of the molecule is CCOc1cccc(C=O)c1OCCCCBr. The molecule has 0 radical (unpaired) electrons. The number of carbonyl (C=O) groups excluding carboxylic acids is 1. The highest BCUT2D eigenvalue weighted by Crippen LogP contribution is 2.30. The summed E-state index contributed by atoms with van der Waals surface area (Å²) in [5.41, 5.74) is 0.537. The van der Waals surface area contributed by atoms with Gasteiger partial charge in [-0.3, -0.25) is 4.79 Å². The maximum atomic E-state index is 10.9. The number of carbonyl (C=O) groups is 1. The molecule has 0 N–H and O–H groups in total. The molecule has 4 heteroatoms. The van der Waals surface area contributed by atoms with Crippen LogP contribution in [0.25, 0.3) is 0 Å². The Labute approximate surface area is 110 Å². The quantitative estimate of drug-likeness (QED) is 0.419. The Balaban J connectivity index is 2.74. The fraction of sp³-hybridized carbons (Fsp3) is 0.462. The summed E-state index contributed by atoms with van der Waals surface area (Å²) >= 11 is 3.37. The van der Waals surface area contributed by atoms with E-state index in [2.05, 4.69) is 15.9 Å². The molecule has 0 heterocycles. The van der Waals surface area contributed by atoms with Gasteiger partial charge in [-0.2, -0.15) is 0 Å². The van der Waals surface area contributed by atoms with E-state index in [1.54, 1.807) is 12.1 Å². The van der Waals surface area contributed by atoms with E-state index in [0.29, 0.717) is 30.3 Å². The standard InChI is InChI=1S/C13H17BrO3/c1-2-16-12-7-5-6-11(10-15)13(12)17-9-4-3-8-14/h5-7,10H,2-4,8-9H2,1H3. The number of aldehydes is 1. The smallest absolute Gasteiger partial charge is 0.171 e. The summed E-state index contributed by atoms with van der Waals surface area (Å²) in [6.07, 6.45) is 2.79. The van der Waals surface area contributed by atoms with Gasteiger partial charge in [0.05, 0.1) is 18.8 Å². The van der Waals surface area contributed by atoms with Crippen LogP contribution in [0, 0.1) is 0 Å². The third kappa shape index (κ3) is 4.38. The fourth-order valence-electron chi connectivity index (χ4n) is 1.42. The fourth-order valence-corrected chi connectivity index (χ4v) is 1.82. The van der Waals surface area contributed by atoms with Crippen LogP contribution >= 0.6 is 15.9 Å². The van der Waals surface area contributed by atoms with Gasteiger partial charge in [0.25, 0.3) is 0 Å². The van der Waals surface area contributed by atoms with Crippen LogP contribution in [0.2, 0.25) is 0 Å². The van der Waals surface area contributed by atoms with Gasteiger partial charge in [-0.1, -0.05) is 22.0 Å². The van der Waals surface area contributed by atoms with E-state index in [1.165, 1.54) is 0 Å². The molecule has 0 bridgehead atoms. The molecule has 94 valence electrons. The lowest BCUT2D eigenvalue weighted by Gasteiger charge is -2.13. The van der Waals surface area contributed by atoms with Crippen LogP contribution in [0.4, 0.5) is 0 Å². The Morgan fingerprint density at radius 3 is 2.76 bits per heavy atom. The number of hydrogen-bond donors (Lipinski definition) is 0. The second kappa shape index (κ2) is 8.12. The lowest BCUT2D eigenvalue weighted by atomic mass is 10.2. The number of ether oxygens (including phenoxy) is 2. The monoisotopic (exact) mass is 300 g/mol. The Morgan fingerprint density at radius 2 is 2.12 bits per heavy atom. The number of halogens is 1. The number of benzene rings is 1. The van der Waals surface area contributed by atoms with Gasteiger partial charge in [0, 0.05) is 5.33 Å². The maximum absolute atomic E-state index is 10.9. The number of rotatable bonds is 8. The van der Waals surface area contributed by atoms with Crippen molar-refractivity contribution in [3.05, 3.63) is 23.8 Å².